The van der Waals surface area contributed by atoms with Gasteiger partial charge in [0.25, 0.3) is 0 Å². The fourth-order valence-corrected chi connectivity index (χ4v) is 17.4. The molecule has 0 atom stereocenters. The molecule has 6 heterocycles. The zero-order chi connectivity index (χ0) is 55.9. The number of halogens is 3. The summed E-state index contributed by atoms with van der Waals surface area (Å²) in [7, 11) is 0. The Kier molecular flexibility index (Phi) is 10.3. The molecule has 6 nitrogen and oxygen atoms in total. The molecule has 19 rings (SSSR count). The van der Waals surface area contributed by atoms with Gasteiger partial charge in [-0.25, -0.2) is 0 Å². The van der Waals surface area contributed by atoms with Gasteiger partial charge in [0, 0.05) is 81.7 Å². The Morgan fingerprint density at radius 1 is 0.188 bits per heavy atom. The molecule has 0 unspecified atom stereocenters. The monoisotopic (exact) mass is 1420 g/mol. The smallest absolute Gasteiger partial charge is 0.0843 e. The molecule has 0 radical (unpaired) electrons. The van der Waals surface area contributed by atoms with Crippen LogP contribution in [0.25, 0.3) is 181 Å². The Morgan fingerprint density at radius 2 is 0.612 bits per heavy atom. The molecule has 0 fully saturated rings. The predicted octanol–water partition coefficient (Wildman–Crippen LogP) is 22.4. The van der Waals surface area contributed by atoms with Gasteiger partial charge in [0.15, 0.2) is 0 Å². The number of fused-ring (bicyclic) bond motifs is 24. The first-order valence-electron chi connectivity index (χ1n) is 28.6. The second kappa shape index (κ2) is 18.1. The van der Waals surface area contributed by atoms with E-state index in [1.165, 1.54) is 164 Å². The van der Waals surface area contributed by atoms with Crippen LogP contribution in [0, 0.1) is 0 Å². The first-order chi connectivity index (χ1) is 42.0. The summed E-state index contributed by atoms with van der Waals surface area (Å²) in [6.45, 7) is 0. The first kappa shape index (κ1) is 48.5. The molecule has 0 aliphatic rings. The normalized spacial score (nSPS) is 12.4. The van der Waals surface area contributed by atoms with Gasteiger partial charge in [-0.05, 0) is 118 Å². The molecule has 13 aromatic carbocycles. The Morgan fingerprint density at radius 3 is 1.33 bits per heavy atom. The SMILES string of the molecule is In1c2ccc(-c3ccc4c5ccc6c7ccccc7n(I)c6c5n(-c5ccccc5)c4c3)cc2c2ccc3c(c4ccccc4n3-c3cccc(-c4ccc5c6c7ccccc7c7c8ccccc8n(-c8ccccc8)c7c6n(I)c5c4)c3)c21. The van der Waals surface area contributed by atoms with Crippen LogP contribution in [-0.4, -0.2) is 22.0 Å². The number of benzene rings is 13. The lowest BCUT2D eigenvalue weighted by atomic mass is 9.97. The third-order valence-electron chi connectivity index (χ3n) is 18.3. The van der Waals surface area contributed by atoms with Crippen LogP contribution in [0.5, 0.6) is 0 Å². The Balaban J connectivity index is 0.765. The molecule has 9 heteroatoms. The van der Waals surface area contributed by atoms with E-state index in [2.05, 4.69) is 351 Å². The minimum Gasteiger partial charge on any atom is -0.309 e. The van der Waals surface area contributed by atoms with Crippen molar-refractivity contribution >= 4 is 210 Å². The molecule has 85 heavy (non-hydrogen) atoms. The van der Waals surface area contributed by atoms with Crippen molar-refractivity contribution in [3.8, 4) is 39.3 Å². The van der Waals surface area contributed by atoms with Crippen LogP contribution in [-0.2, 0) is 0 Å². The average molecular weight is 1420 g/mol. The number of rotatable bonds is 5. The van der Waals surface area contributed by atoms with Crippen molar-refractivity contribution in [3.05, 3.63) is 261 Å². The lowest BCUT2D eigenvalue weighted by Gasteiger charge is -2.11. The first-order valence-corrected chi connectivity index (χ1v) is 31.5. The summed E-state index contributed by atoms with van der Waals surface area (Å²) < 4.78 is 14.6. The second-order valence-corrected chi connectivity index (χ2v) is 25.4. The zero-order valence-electron chi connectivity index (χ0n) is 45.1. The predicted molar refractivity (Wildman–Crippen MR) is 385 cm³/mol. The Labute approximate surface area is 527 Å². The molecular weight excluding hydrogens is 1380 g/mol. The Hall–Kier alpha value is -8.89. The van der Waals surface area contributed by atoms with Gasteiger partial charge in [0.2, 0.25) is 0 Å². The minimum absolute atomic E-state index is 1.13. The highest BCUT2D eigenvalue weighted by atomic mass is 127. The van der Waals surface area contributed by atoms with Gasteiger partial charge in [-0.2, -0.15) is 0 Å². The maximum Gasteiger partial charge on any atom is 0.0843 e. The summed E-state index contributed by atoms with van der Waals surface area (Å²) in [6, 6.07) is 96.9. The highest BCUT2D eigenvalue weighted by Gasteiger charge is 2.26. The van der Waals surface area contributed by atoms with Crippen LogP contribution in [0.3, 0.4) is 0 Å². The lowest BCUT2D eigenvalue weighted by Crippen LogP contribution is -1.95. The number of hydrogen-bond acceptors (Lipinski definition) is 0. The fraction of sp³-hybridized carbons (Fsp3) is 0. The van der Waals surface area contributed by atoms with E-state index in [1.807, 2.05) is 0 Å². The maximum atomic E-state index is 2.57. The van der Waals surface area contributed by atoms with Gasteiger partial charge in [0.1, 0.15) is 0 Å². The summed E-state index contributed by atoms with van der Waals surface area (Å²) in [5.74, 6) is 0. The summed E-state index contributed by atoms with van der Waals surface area (Å²) in [5.41, 5.74) is 22.6. The van der Waals surface area contributed by atoms with E-state index in [0.29, 0.717) is 0 Å². The van der Waals surface area contributed by atoms with Crippen molar-refractivity contribution in [2.75, 3.05) is 0 Å². The minimum atomic E-state index is 1.13. The van der Waals surface area contributed by atoms with Crippen molar-refractivity contribution in [2.24, 2.45) is 0 Å². The molecule has 0 aliphatic carbocycles. The second-order valence-electron chi connectivity index (χ2n) is 22.5. The van der Waals surface area contributed by atoms with Crippen LogP contribution < -0.4 is 0 Å². The molecule has 19 aromatic rings. The van der Waals surface area contributed by atoms with E-state index >= 15 is 0 Å². The van der Waals surface area contributed by atoms with Crippen LogP contribution in [0.15, 0.2) is 261 Å². The lowest BCUT2D eigenvalue weighted by molar-refractivity contribution is 1.18. The van der Waals surface area contributed by atoms with Crippen LogP contribution in [0.2, 0.25) is 0 Å². The van der Waals surface area contributed by atoms with Crippen LogP contribution in [0.1, 0.15) is 0 Å². The summed E-state index contributed by atoms with van der Waals surface area (Å²) in [5, 5.41) is 17.6. The summed E-state index contributed by atoms with van der Waals surface area (Å²) in [6.07, 6.45) is 0. The molecule has 6 aromatic heterocycles. The highest BCUT2D eigenvalue weighted by molar-refractivity contribution is 14.1. The third-order valence-corrected chi connectivity index (χ3v) is 21.3. The van der Waals surface area contributed by atoms with Crippen molar-refractivity contribution in [1.82, 2.24) is 22.0 Å². The standard InChI is InChI=1S/C76H43I3N6/c77-83-65-38-32-45(46-30-33-52-55-35-36-56-51-22-9-14-29-64(51)84(78)74(56)73(55)82(67(52)42-46)49-19-5-2-6-20-49)41-61(65)57-37-39-66-71(72(57)83)59-26-11-12-27-62(59)80(66)50-21-15-16-44(40-50)47-31-34-60-68(43-47)85(79)76-70(60)54-24-8-7-23-53(54)69-58-25-10-13-28-63(58)81(75(69)76)48-17-3-1-4-18-48/h1-43H. The topological polar surface area (TPSA) is 29.6 Å². The van der Waals surface area contributed by atoms with Crippen LogP contribution in [0.4, 0.5) is 0 Å². The maximum absolute atomic E-state index is 2.57. The van der Waals surface area contributed by atoms with E-state index in [9.17, 15) is 0 Å². The largest absolute Gasteiger partial charge is 0.309 e. The van der Waals surface area contributed by atoms with E-state index in [4.69, 9.17) is 0 Å². The van der Waals surface area contributed by atoms with Crippen molar-refractivity contribution in [1.29, 1.82) is 0 Å². The van der Waals surface area contributed by atoms with E-state index in [1.54, 1.807) is 0 Å². The number of hydrogen-bond donors (Lipinski definition) is 0. The van der Waals surface area contributed by atoms with Crippen LogP contribution >= 0.6 is 68.6 Å². The molecular formula is C76H43I3N6. The molecule has 0 amide bonds. The number of nitrogens with zero attached hydrogens (tertiary/aromatic N) is 6. The molecule has 0 spiro atoms. The molecule has 0 aliphatic heterocycles. The number of aromatic nitrogens is 6. The van der Waals surface area contributed by atoms with Gasteiger partial charge in [-0.1, -0.05) is 176 Å². The molecule has 0 N–H and O–H groups in total. The van der Waals surface area contributed by atoms with Crippen molar-refractivity contribution < 1.29 is 0 Å². The fourth-order valence-electron chi connectivity index (χ4n) is 14.7. The molecule has 398 valence electrons. The summed E-state index contributed by atoms with van der Waals surface area (Å²) >= 11 is 7.62. The molecule has 0 saturated carbocycles. The Bertz CT molecular complexity index is 6130. The van der Waals surface area contributed by atoms with E-state index < -0.39 is 0 Å². The van der Waals surface area contributed by atoms with Gasteiger partial charge < -0.3 is 13.7 Å². The van der Waals surface area contributed by atoms with Gasteiger partial charge in [-0.15, -0.1) is 0 Å². The molecule has 0 bridgehead atoms. The summed E-state index contributed by atoms with van der Waals surface area (Å²) in [4.78, 5) is 0. The highest BCUT2D eigenvalue weighted by Crippen LogP contribution is 2.49. The van der Waals surface area contributed by atoms with Gasteiger partial charge in [-0.3, -0.25) is 8.34 Å². The third kappa shape index (κ3) is 6.63. The van der Waals surface area contributed by atoms with Crippen molar-refractivity contribution in [2.45, 2.75) is 0 Å². The van der Waals surface area contributed by atoms with Gasteiger partial charge in [0.05, 0.1) is 135 Å². The average Bonchev–Trinajstić information content (AvgIpc) is 1.62. The number of para-hydroxylation sites is 5. The zero-order valence-corrected chi connectivity index (χ0v) is 51.6. The van der Waals surface area contributed by atoms with Crippen molar-refractivity contribution in [3.63, 3.8) is 0 Å². The quantitative estimate of drug-likeness (QED) is 0.154. The van der Waals surface area contributed by atoms with E-state index in [-0.39, 0.29) is 0 Å². The van der Waals surface area contributed by atoms with Gasteiger partial charge >= 0.3 is 0 Å². The van der Waals surface area contributed by atoms with E-state index in [0.717, 1.165) is 17.1 Å². The molecule has 0 saturated heterocycles.